The predicted octanol–water partition coefficient (Wildman–Crippen LogP) is 3.44. The van der Waals surface area contributed by atoms with E-state index in [1.54, 1.807) is 0 Å². The molecule has 0 saturated carbocycles. The number of hydrogen-bond acceptors (Lipinski definition) is 2. The highest BCUT2D eigenvalue weighted by Gasteiger charge is 2.18. The maximum atomic E-state index is 10.1. The minimum absolute atomic E-state index is 0.358. The van der Waals surface area contributed by atoms with E-state index in [1.165, 1.54) is 0 Å². The zero-order valence-electron chi connectivity index (χ0n) is 9.23. The second kappa shape index (κ2) is 5.80. The lowest BCUT2D eigenvalue weighted by Crippen LogP contribution is -2.08. The number of aliphatic hydroxyl groups excluding tert-OH is 1. The third kappa shape index (κ3) is 3.06. The van der Waals surface area contributed by atoms with Crippen LogP contribution in [0.1, 0.15) is 37.4 Å². The van der Waals surface area contributed by atoms with Gasteiger partial charge in [-0.3, -0.25) is 0 Å². The fraction of sp³-hybridized carbons (Fsp3) is 0.538. The van der Waals surface area contributed by atoms with E-state index in [2.05, 4.69) is 15.9 Å². The van der Waals surface area contributed by atoms with Gasteiger partial charge in [-0.2, -0.15) is 0 Å². The van der Waals surface area contributed by atoms with Crippen molar-refractivity contribution in [3.05, 3.63) is 34.3 Å². The minimum Gasteiger partial charge on any atom is -0.388 e. The SMILES string of the molecule is OC(CCC1CCCO1)c1ccccc1Br. The lowest BCUT2D eigenvalue weighted by atomic mass is 10.0. The Morgan fingerprint density at radius 1 is 1.44 bits per heavy atom. The fourth-order valence-corrected chi connectivity index (χ4v) is 2.67. The Balaban J connectivity index is 1.87. The monoisotopic (exact) mass is 284 g/mol. The number of aliphatic hydroxyl groups is 1. The molecule has 0 spiro atoms. The van der Waals surface area contributed by atoms with Gasteiger partial charge in [0, 0.05) is 11.1 Å². The highest BCUT2D eigenvalue weighted by molar-refractivity contribution is 9.10. The Morgan fingerprint density at radius 3 is 2.94 bits per heavy atom. The topological polar surface area (TPSA) is 29.5 Å². The molecule has 1 aromatic carbocycles. The van der Waals surface area contributed by atoms with Crippen molar-refractivity contribution >= 4 is 15.9 Å². The normalized spacial score (nSPS) is 22.2. The van der Waals surface area contributed by atoms with Gasteiger partial charge in [0.25, 0.3) is 0 Å². The minimum atomic E-state index is -0.389. The van der Waals surface area contributed by atoms with Gasteiger partial charge in [-0.1, -0.05) is 34.1 Å². The van der Waals surface area contributed by atoms with Crippen LogP contribution < -0.4 is 0 Å². The molecular weight excluding hydrogens is 268 g/mol. The zero-order chi connectivity index (χ0) is 11.4. The molecular formula is C13H17BrO2. The molecule has 2 unspecified atom stereocenters. The summed E-state index contributed by atoms with van der Waals surface area (Å²) in [5.74, 6) is 0. The summed E-state index contributed by atoms with van der Waals surface area (Å²) in [5, 5.41) is 10.1. The molecule has 1 N–H and O–H groups in total. The van der Waals surface area contributed by atoms with Crippen molar-refractivity contribution in [1.29, 1.82) is 0 Å². The molecule has 1 saturated heterocycles. The van der Waals surface area contributed by atoms with Crippen LogP contribution in [0.5, 0.6) is 0 Å². The molecule has 2 rings (SSSR count). The predicted molar refractivity (Wildman–Crippen MR) is 67.3 cm³/mol. The standard InChI is InChI=1S/C13H17BrO2/c14-12-6-2-1-5-11(12)13(15)8-7-10-4-3-9-16-10/h1-2,5-6,10,13,15H,3-4,7-9H2. The second-order valence-corrected chi connectivity index (χ2v) is 5.10. The molecule has 3 heteroatoms. The van der Waals surface area contributed by atoms with Crippen LogP contribution >= 0.6 is 15.9 Å². The molecule has 0 aliphatic carbocycles. The van der Waals surface area contributed by atoms with Crippen LogP contribution in [-0.4, -0.2) is 17.8 Å². The van der Waals surface area contributed by atoms with Gasteiger partial charge in [0.05, 0.1) is 12.2 Å². The van der Waals surface area contributed by atoms with Crippen LogP contribution in [0.15, 0.2) is 28.7 Å². The molecule has 0 amide bonds. The Hall–Kier alpha value is -0.380. The number of rotatable bonds is 4. The zero-order valence-corrected chi connectivity index (χ0v) is 10.8. The van der Waals surface area contributed by atoms with Crippen molar-refractivity contribution in [2.24, 2.45) is 0 Å². The summed E-state index contributed by atoms with van der Waals surface area (Å²) in [6.45, 7) is 0.885. The lowest BCUT2D eigenvalue weighted by Gasteiger charge is -2.15. The van der Waals surface area contributed by atoms with Crippen molar-refractivity contribution < 1.29 is 9.84 Å². The van der Waals surface area contributed by atoms with E-state index >= 15 is 0 Å². The lowest BCUT2D eigenvalue weighted by molar-refractivity contribution is 0.0811. The first-order valence-electron chi connectivity index (χ1n) is 5.81. The van der Waals surface area contributed by atoms with Crippen LogP contribution in [0.4, 0.5) is 0 Å². The largest absolute Gasteiger partial charge is 0.388 e. The van der Waals surface area contributed by atoms with E-state index in [-0.39, 0.29) is 6.10 Å². The summed E-state index contributed by atoms with van der Waals surface area (Å²) in [6, 6.07) is 7.84. The third-order valence-corrected chi connectivity index (χ3v) is 3.77. The molecule has 1 heterocycles. The number of benzene rings is 1. The van der Waals surface area contributed by atoms with E-state index < -0.39 is 0 Å². The highest BCUT2D eigenvalue weighted by atomic mass is 79.9. The van der Waals surface area contributed by atoms with Crippen LogP contribution in [-0.2, 0) is 4.74 Å². The Bertz CT molecular complexity index is 334. The number of hydrogen-bond donors (Lipinski definition) is 1. The number of halogens is 1. The van der Waals surface area contributed by atoms with E-state index in [0.29, 0.717) is 6.10 Å². The van der Waals surface area contributed by atoms with E-state index in [0.717, 1.165) is 42.3 Å². The molecule has 1 aliphatic rings. The maximum absolute atomic E-state index is 10.1. The van der Waals surface area contributed by atoms with Gasteiger partial charge in [0.15, 0.2) is 0 Å². The quantitative estimate of drug-likeness (QED) is 0.918. The first-order valence-corrected chi connectivity index (χ1v) is 6.61. The van der Waals surface area contributed by atoms with Gasteiger partial charge in [-0.25, -0.2) is 0 Å². The first kappa shape index (κ1) is 12.1. The molecule has 2 atom stereocenters. The first-order chi connectivity index (χ1) is 7.77. The van der Waals surface area contributed by atoms with Crippen molar-refractivity contribution in [3.8, 4) is 0 Å². The summed E-state index contributed by atoms with van der Waals surface area (Å²) < 4.78 is 6.53. The summed E-state index contributed by atoms with van der Waals surface area (Å²) in [7, 11) is 0. The summed E-state index contributed by atoms with van der Waals surface area (Å²) >= 11 is 3.46. The Labute approximate surface area is 105 Å². The molecule has 88 valence electrons. The van der Waals surface area contributed by atoms with Crippen LogP contribution in [0.2, 0.25) is 0 Å². The van der Waals surface area contributed by atoms with E-state index in [9.17, 15) is 5.11 Å². The van der Waals surface area contributed by atoms with Crippen LogP contribution in [0.25, 0.3) is 0 Å². The molecule has 16 heavy (non-hydrogen) atoms. The Kier molecular flexibility index (Phi) is 4.38. The van der Waals surface area contributed by atoms with Gasteiger partial charge in [0.1, 0.15) is 0 Å². The summed E-state index contributed by atoms with van der Waals surface area (Å²) in [6.07, 6.45) is 3.99. The van der Waals surface area contributed by atoms with Crippen LogP contribution in [0.3, 0.4) is 0 Å². The van der Waals surface area contributed by atoms with Gasteiger partial charge in [-0.15, -0.1) is 0 Å². The molecule has 1 fully saturated rings. The molecule has 0 aromatic heterocycles. The summed E-state index contributed by atoms with van der Waals surface area (Å²) in [4.78, 5) is 0. The molecule has 2 nitrogen and oxygen atoms in total. The van der Waals surface area contributed by atoms with Crippen molar-refractivity contribution in [2.45, 2.75) is 37.9 Å². The molecule has 1 aromatic rings. The Morgan fingerprint density at radius 2 is 2.25 bits per heavy atom. The highest BCUT2D eigenvalue weighted by Crippen LogP contribution is 2.28. The number of ether oxygens (including phenoxy) is 1. The summed E-state index contributed by atoms with van der Waals surface area (Å²) in [5.41, 5.74) is 0.973. The van der Waals surface area contributed by atoms with Gasteiger partial charge in [0.2, 0.25) is 0 Å². The molecule has 1 aliphatic heterocycles. The van der Waals surface area contributed by atoms with Crippen molar-refractivity contribution in [3.63, 3.8) is 0 Å². The van der Waals surface area contributed by atoms with Gasteiger partial charge in [-0.05, 0) is 37.3 Å². The van der Waals surface area contributed by atoms with Crippen molar-refractivity contribution in [2.75, 3.05) is 6.61 Å². The van der Waals surface area contributed by atoms with Gasteiger partial charge >= 0.3 is 0 Å². The molecule has 0 radical (unpaired) electrons. The van der Waals surface area contributed by atoms with E-state index in [1.807, 2.05) is 24.3 Å². The maximum Gasteiger partial charge on any atom is 0.0801 e. The van der Waals surface area contributed by atoms with Crippen LogP contribution in [0, 0.1) is 0 Å². The van der Waals surface area contributed by atoms with Gasteiger partial charge < -0.3 is 9.84 Å². The molecule has 0 bridgehead atoms. The fourth-order valence-electron chi connectivity index (χ4n) is 2.12. The van der Waals surface area contributed by atoms with Crippen molar-refractivity contribution in [1.82, 2.24) is 0 Å². The average Bonchev–Trinajstić information content (AvgIpc) is 2.79. The smallest absolute Gasteiger partial charge is 0.0801 e. The second-order valence-electron chi connectivity index (χ2n) is 4.25. The van der Waals surface area contributed by atoms with E-state index in [4.69, 9.17) is 4.74 Å². The average molecular weight is 285 g/mol. The third-order valence-electron chi connectivity index (χ3n) is 3.05.